The van der Waals surface area contributed by atoms with Gasteiger partial charge in [0, 0.05) is 17.4 Å². The van der Waals surface area contributed by atoms with E-state index in [2.05, 4.69) is 43.3 Å². The lowest BCUT2D eigenvalue weighted by molar-refractivity contribution is -0.110. The molecule has 104 valence electrons. The first kappa shape index (κ1) is 12.4. The fraction of sp³-hybridized carbons (Fsp3) is 0.444. The molecular weight excluding hydrogens is 248 g/mol. The largest absolute Gasteiger partial charge is 0.396 e. The molecule has 2 aromatic carbocycles. The van der Waals surface area contributed by atoms with Crippen molar-refractivity contribution in [3.05, 3.63) is 47.5 Å². The molecule has 0 aromatic heterocycles. The van der Waals surface area contributed by atoms with E-state index in [-0.39, 0.29) is 17.4 Å². The number of ether oxygens (including phenoxy) is 1. The third-order valence-electron chi connectivity index (χ3n) is 5.42. The molecule has 1 saturated carbocycles. The minimum absolute atomic E-state index is 0.0425. The lowest BCUT2D eigenvalue weighted by Gasteiger charge is -2.48. The van der Waals surface area contributed by atoms with Crippen molar-refractivity contribution in [1.82, 2.24) is 0 Å². The highest BCUT2D eigenvalue weighted by molar-refractivity contribution is 5.84. The van der Waals surface area contributed by atoms with Crippen LogP contribution in [0.2, 0.25) is 0 Å². The lowest BCUT2D eigenvalue weighted by atomic mass is 9.66. The van der Waals surface area contributed by atoms with Gasteiger partial charge in [-0.3, -0.25) is 0 Å². The number of aryl methyl sites for hydroxylation is 1. The van der Waals surface area contributed by atoms with Crippen molar-refractivity contribution in [1.29, 1.82) is 0 Å². The average Bonchev–Trinajstić information content (AvgIpc) is 3.19. The summed E-state index contributed by atoms with van der Waals surface area (Å²) < 4.78 is 5.54. The van der Waals surface area contributed by atoms with E-state index in [1.165, 1.54) is 21.9 Å². The minimum atomic E-state index is 0.0425. The number of hydrogen-bond donors (Lipinski definition) is 1. The Balaban J connectivity index is 1.83. The molecule has 1 aliphatic carbocycles. The van der Waals surface area contributed by atoms with Crippen molar-refractivity contribution in [2.45, 2.75) is 25.2 Å². The Morgan fingerprint density at radius 2 is 1.75 bits per heavy atom. The predicted octanol–water partition coefficient (Wildman–Crippen LogP) is 3.19. The van der Waals surface area contributed by atoms with Gasteiger partial charge < -0.3 is 9.84 Å². The molecule has 0 radical (unpaired) electrons. The second-order valence-electron chi connectivity index (χ2n) is 6.58. The molecule has 1 saturated heterocycles. The van der Waals surface area contributed by atoms with Crippen LogP contribution in [-0.4, -0.2) is 24.9 Å². The average molecular weight is 268 g/mol. The lowest BCUT2D eigenvalue weighted by Crippen LogP contribution is -2.54. The second-order valence-corrected chi connectivity index (χ2v) is 6.58. The van der Waals surface area contributed by atoms with E-state index in [0.717, 1.165) is 26.1 Å². The molecule has 0 spiro atoms. The van der Waals surface area contributed by atoms with E-state index in [4.69, 9.17) is 4.74 Å². The Bertz CT molecular complexity index is 666. The van der Waals surface area contributed by atoms with Crippen LogP contribution >= 0.6 is 0 Å². The summed E-state index contributed by atoms with van der Waals surface area (Å²) in [6, 6.07) is 13.3. The molecule has 4 rings (SSSR count). The molecule has 1 N–H and O–H groups in total. The molecule has 2 fully saturated rings. The van der Waals surface area contributed by atoms with Gasteiger partial charge in [-0.2, -0.15) is 0 Å². The molecular formula is C18H20O2. The van der Waals surface area contributed by atoms with Gasteiger partial charge in [-0.1, -0.05) is 42.0 Å². The zero-order valence-electron chi connectivity index (χ0n) is 11.9. The van der Waals surface area contributed by atoms with Crippen molar-refractivity contribution in [2.24, 2.45) is 5.41 Å². The Morgan fingerprint density at radius 1 is 1.05 bits per heavy atom. The first-order valence-corrected chi connectivity index (χ1v) is 7.39. The molecule has 0 unspecified atom stereocenters. The SMILES string of the molecule is Cc1ccc2cc(C3(C4(CO)CC4)COC3)ccc2c1. The van der Waals surface area contributed by atoms with Gasteiger partial charge in [-0.25, -0.2) is 0 Å². The van der Waals surface area contributed by atoms with Crippen molar-refractivity contribution >= 4 is 10.8 Å². The van der Waals surface area contributed by atoms with Gasteiger partial charge in [0.2, 0.25) is 0 Å². The van der Waals surface area contributed by atoms with Crippen LogP contribution in [0, 0.1) is 12.3 Å². The third-order valence-corrected chi connectivity index (χ3v) is 5.42. The van der Waals surface area contributed by atoms with Gasteiger partial charge in [0.25, 0.3) is 0 Å². The third kappa shape index (κ3) is 1.52. The molecule has 2 aromatic rings. The molecule has 0 amide bonds. The summed E-state index contributed by atoms with van der Waals surface area (Å²) in [5, 5.41) is 12.4. The van der Waals surface area contributed by atoms with Crippen LogP contribution in [0.3, 0.4) is 0 Å². The van der Waals surface area contributed by atoms with E-state index in [0.29, 0.717) is 0 Å². The summed E-state index contributed by atoms with van der Waals surface area (Å²) >= 11 is 0. The van der Waals surface area contributed by atoms with Gasteiger partial charge in [0.05, 0.1) is 13.2 Å². The van der Waals surface area contributed by atoms with Gasteiger partial charge in [0.15, 0.2) is 0 Å². The first-order valence-electron chi connectivity index (χ1n) is 7.39. The van der Waals surface area contributed by atoms with Crippen LogP contribution in [0.4, 0.5) is 0 Å². The van der Waals surface area contributed by atoms with Crippen molar-refractivity contribution in [3.63, 3.8) is 0 Å². The second kappa shape index (κ2) is 4.06. The standard InChI is InChI=1S/C18H20O2/c1-13-2-3-15-9-16(5-4-14(15)8-13)18(11-20-12-18)17(10-19)6-7-17/h2-5,8-9,19H,6-7,10-12H2,1H3. The zero-order valence-corrected chi connectivity index (χ0v) is 11.9. The number of aliphatic hydroxyl groups is 1. The Hall–Kier alpha value is -1.38. The van der Waals surface area contributed by atoms with Crippen LogP contribution in [-0.2, 0) is 10.2 Å². The summed E-state index contributed by atoms with van der Waals surface area (Å²) in [5.41, 5.74) is 2.75. The van der Waals surface area contributed by atoms with Crippen LogP contribution in [0.5, 0.6) is 0 Å². The normalized spacial score (nSPS) is 22.5. The van der Waals surface area contributed by atoms with Crippen molar-refractivity contribution < 1.29 is 9.84 Å². The van der Waals surface area contributed by atoms with Crippen LogP contribution in [0.25, 0.3) is 10.8 Å². The molecule has 1 aliphatic heterocycles. The molecule has 20 heavy (non-hydrogen) atoms. The summed E-state index contributed by atoms with van der Waals surface area (Å²) in [7, 11) is 0. The molecule has 1 heterocycles. The van der Waals surface area contributed by atoms with Gasteiger partial charge >= 0.3 is 0 Å². The van der Waals surface area contributed by atoms with E-state index < -0.39 is 0 Å². The maximum Gasteiger partial charge on any atom is 0.0591 e. The smallest absolute Gasteiger partial charge is 0.0591 e. The van der Waals surface area contributed by atoms with Crippen molar-refractivity contribution in [2.75, 3.05) is 19.8 Å². The maximum atomic E-state index is 9.81. The molecule has 0 bridgehead atoms. The summed E-state index contributed by atoms with van der Waals surface area (Å²) in [5.74, 6) is 0. The highest BCUT2D eigenvalue weighted by atomic mass is 16.5. The van der Waals surface area contributed by atoms with E-state index >= 15 is 0 Å². The number of aliphatic hydroxyl groups excluding tert-OH is 1. The molecule has 0 atom stereocenters. The number of hydrogen-bond acceptors (Lipinski definition) is 2. The molecule has 2 aliphatic rings. The van der Waals surface area contributed by atoms with Crippen molar-refractivity contribution in [3.8, 4) is 0 Å². The Morgan fingerprint density at radius 3 is 2.35 bits per heavy atom. The minimum Gasteiger partial charge on any atom is -0.396 e. The fourth-order valence-electron chi connectivity index (χ4n) is 3.69. The van der Waals surface area contributed by atoms with E-state index in [9.17, 15) is 5.11 Å². The van der Waals surface area contributed by atoms with E-state index in [1.54, 1.807) is 0 Å². The quantitative estimate of drug-likeness (QED) is 0.926. The van der Waals surface area contributed by atoms with Gasteiger partial charge in [-0.15, -0.1) is 0 Å². The summed E-state index contributed by atoms with van der Waals surface area (Å²) in [6.45, 7) is 3.91. The molecule has 2 nitrogen and oxygen atoms in total. The zero-order chi connectivity index (χ0) is 13.8. The van der Waals surface area contributed by atoms with Gasteiger partial charge in [-0.05, 0) is 36.1 Å². The number of fused-ring (bicyclic) bond motifs is 1. The predicted molar refractivity (Wildman–Crippen MR) is 79.9 cm³/mol. The monoisotopic (exact) mass is 268 g/mol. The first-order chi connectivity index (χ1) is 9.69. The maximum absolute atomic E-state index is 9.81. The van der Waals surface area contributed by atoms with Gasteiger partial charge in [0.1, 0.15) is 0 Å². The highest BCUT2D eigenvalue weighted by Crippen LogP contribution is 2.62. The van der Waals surface area contributed by atoms with Crippen LogP contribution in [0.1, 0.15) is 24.0 Å². The Kier molecular flexibility index (Phi) is 2.51. The van der Waals surface area contributed by atoms with E-state index in [1.807, 2.05) is 0 Å². The van der Waals surface area contributed by atoms with Crippen LogP contribution < -0.4 is 0 Å². The summed E-state index contributed by atoms with van der Waals surface area (Å²) in [6.07, 6.45) is 2.25. The number of rotatable bonds is 3. The van der Waals surface area contributed by atoms with Crippen LogP contribution in [0.15, 0.2) is 36.4 Å². The summed E-state index contributed by atoms with van der Waals surface area (Å²) in [4.78, 5) is 0. The topological polar surface area (TPSA) is 29.5 Å². The Labute approximate surface area is 119 Å². The number of benzene rings is 2. The fourth-order valence-corrected chi connectivity index (χ4v) is 3.69. The molecule has 2 heteroatoms. The highest BCUT2D eigenvalue weighted by Gasteiger charge is 2.63.